The second kappa shape index (κ2) is 18.8. The molecule has 372 valence electrons. The van der Waals surface area contributed by atoms with Crippen LogP contribution in [0.1, 0.15) is 203 Å². The predicted octanol–water partition coefficient (Wildman–Crippen LogP) is 20.2. The van der Waals surface area contributed by atoms with Gasteiger partial charge in [-0.15, -0.1) is 0 Å². The maximum absolute atomic E-state index is 11.3. The fourth-order valence-corrected chi connectivity index (χ4v) is 12.1. The highest BCUT2D eigenvalue weighted by molar-refractivity contribution is 6.35. The largest absolute Gasteiger partial charge is 0.508 e. The average Bonchev–Trinajstić information content (AvgIpc) is 3.30. The summed E-state index contributed by atoms with van der Waals surface area (Å²) in [6, 6.07) is 35.0. The van der Waals surface area contributed by atoms with Crippen LogP contribution in [0.15, 0.2) is 97.1 Å². The molecule has 4 nitrogen and oxygen atoms in total. The smallest absolute Gasteiger partial charge is 0.116 e. The van der Waals surface area contributed by atoms with Crippen LogP contribution in [0.3, 0.4) is 0 Å². The van der Waals surface area contributed by atoms with Crippen molar-refractivity contribution in [1.29, 1.82) is 0 Å². The summed E-state index contributed by atoms with van der Waals surface area (Å²) >= 11 is 0. The number of benzene rings is 9. The first-order chi connectivity index (χ1) is 33.9. The van der Waals surface area contributed by atoms with E-state index < -0.39 is 0 Å². The minimum absolute atomic E-state index is 0.150. The number of aromatic hydroxyl groups is 4. The van der Waals surface area contributed by atoms with Crippen LogP contribution in [0, 0.1) is 0 Å². The highest BCUT2D eigenvalue weighted by Crippen LogP contribution is 2.52. The van der Waals surface area contributed by atoms with Gasteiger partial charge in [0, 0.05) is 0 Å². The summed E-state index contributed by atoms with van der Waals surface area (Å²) in [5.74, 6) is 2.35. The van der Waals surface area contributed by atoms with Crippen LogP contribution in [0.4, 0.5) is 0 Å². The van der Waals surface area contributed by atoms with Crippen molar-refractivity contribution in [3.63, 3.8) is 0 Å². The van der Waals surface area contributed by atoms with E-state index >= 15 is 0 Å². The van der Waals surface area contributed by atoms with E-state index in [-0.39, 0.29) is 70.3 Å². The summed E-state index contributed by atoms with van der Waals surface area (Å²) in [7, 11) is 0. The lowest BCUT2D eigenvalue weighted by atomic mass is 9.78. The van der Waals surface area contributed by atoms with Crippen molar-refractivity contribution in [3.05, 3.63) is 142 Å². The van der Waals surface area contributed by atoms with Gasteiger partial charge in [0.05, 0.1) is 0 Å². The summed E-state index contributed by atoms with van der Waals surface area (Å²) in [5.41, 5.74) is 18.1. The molecule has 0 bridgehead atoms. The lowest BCUT2D eigenvalue weighted by Crippen LogP contribution is -2.03. The van der Waals surface area contributed by atoms with E-state index in [2.05, 4.69) is 159 Å². The van der Waals surface area contributed by atoms with Gasteiger partial charge in [-0.25, -0.2) is 0 Å². The Morgan fingerprint density at radius 3 is 0.514 bits per heavy atom. The molecule has 0 unspecified atom stereocenters. The van der Waals surface area contributed by atoms with Crippen molar-refractivity contribution < 1.29 is 20.4 Å². The van der Waals surface area contributed by atoms with Crippen LogP contribution in [0.5, 0.6) is 23.0 Å². The van der Waals surface area contributed by atoms with Crippen LogP contribution < -0.4 is 0 Å². The molecule has 4 N–H and O–H groups in total. The molecule has 72 heavy (non-hydrogen) atoms. The monoisotopic (exact) mass is 957 g/mol. The van der Waals surface area contributed by atoms with Crippen molar-refractivity contribution in [2.45, 2.75) is 158 Å². The molecule has 0 radical (unpaired) electrons. The van der Waals surface area contributed by atoms with Crippen molar-refractivity contribution >= 4 is 43.1 Å². The SMILES string of the molecule is CC(C)c1cc(O)cc(C(C)C)c1-c1cc2cc(-c3c(C(C)C)cc(O)cc3C(C)C)cc3c4cc(-c5c(C(C)C)cc(O)cc5C(C)C)cc5cc(-c6c(C(C)C)cc(O)cc6C(C)C)cc(c(c1)c23)c54. The Labute approximate surface area is 428 Å². The van der Waals surface area contributed by atoms with Crippen LogP contribution >= 0.6 is 0 Å². The molecule has 0 aliphatic carbocycles. The van der Waals surface area contributed by atoms with Crippen LogP contribution in [0.25, 0.3) is 87.6 Å². The Morgan fingerprint density at radius 1 is 0.222 bits per heavy atom. The van der Waals surface area contributed by atoms with Gasteiger partial charge in [0.25, 0.3) is 0 Å². The molecule has 0 saturated carbocycles. The lowest BCUT2D eigenvalue weighted by molar-refractivity contribution is 0.472. The molecule has 0 atom stereocenters. The average molecular weight is 957 g/mol. The number of hydrogen-bond acceptors (Lipinski definition) is 4. The minimum Gasteiger partial charge on any atom is -0.508 e. The zero-order valence-corrected chi connectivity index (χ0v) is 45.6. The fraction of sp³-hybridized carbons (Fsp3) is 0.353. The molecular weight excluding hydrogens is 881 g/mol. The number of fused-ring (bicyclic) bond motifs is 2. The maximum atomic E-state index is 11.3. The summed E-state index contributed by atoms with van der Waals surface area (Å²) in [4.78, 5) is 0. The normalized spacial score (nSPS) is 12.6. The first kappa shape index (κ1) is 50.4. The van der Waals surface area contributed by atoms with Crippen molar-refractivity contribution in [2.24, 2.45) is 0 Å². The maximum Gasteiger partial charge on any atom is 0.116 e. The number of phenols is 4. The van der Waals surface area contributed by atoms with Gasteiger partial charge in [-0.3, -0.25) is 0 Å². The van der Waals surface area contributed by atoms with Gasteiger partial charge in [0.2, 0.25) is 0 Å². The summed E-state index contributed by atoms with van der Waals surface area (Å²) in [6.45, 7) is 35.5. The van der Waals surface area contributed by atoms with Gasteiger partial charge in [-0.1, -0.05) is 111 Å². The fourth-order valence-electron chi connectivity index (χ4n) is 12.1. The van der Waals surface area contributed by atoms with Gasteiger partial charge in [0.1, 0.15) is 23.0 Å². The Balaban J connectivity index is 1.59. The molecule has 0 amide bonds. The van der Waals surface area contributed by atoms with Crippen LogP contribution in [0.2, 0.25) is 0 Å². The molecule has 9 rings (SSSR count). The van der Waals surface area contributed by atoms with E-state index in [1.807, 2.05) is 48.5 Å². The quantitative estimate of drug-likeness (QED) is 0.0726. The molecule has 0 aliphatic rings. The molecular formula is C68H76O4. The van der Waals surface area contributed by atoms with E-state index in [9.17, 15) is 20.4 Å². The van der Waals surface area contributed by atoms with E-state index in [4.69, 9.17) is 0 Å². The summed E-state index contributed by atoms with van der Waals surface area (Å²) < 4.78 is 0. The molecule has 0 aliphatic heterocycles. The van der Waals surface area contributed by atoms with Crippen molar-refractivity contribution in [3.8, 4) is 67.5 Å². The molecule has 9 aromatic rings. The van der Waals surface area contributed by atoms with Gasteiger partial charge in [-0.05, 0) is 277 Å². The molecule has 0 heterocycles. The van der Waals surface area contributed by atoms with E-state index in [1.165, 1.54) is 54.6 Å². The minimum atomic E-state index is 0.150. The van der Waals surface area contributed by atoms with Gasteiger partial charge in [-0.2, -0.15) is 0 Å². The highest BCUT2D eigenvalue weighted by Gasteiger charge is 2.27. The molecule has 0 saturated heterocycles. The third-order valence-corrected chi connectivity index (χ3v) is 15.5. The van der Waals surface area contributed by atoms with Crippen molar-refractivity contribution in [1.82, 2.24) is 0 Å². The number of rotatable bonds is 12. The van der Waals surface area contributed by atoms with Gasteiger partial charge >= 0.3 is 0 Å². The third kappa shape index (κ3) is 8.63. The van der Waals surface area contributed by atoms with E-state index in [0.717, 1.165) is 77.5 Å². The van der Waals surface area contributed by atoms with E-state index in [1.54, 1.807) is 0 Å². The second-order valence-corrected chi connectivity index (χ2v) is 23.5. The number of hydrogen-bond donors (Lipinski definition) is 4. The first-order valence-corrected chi connectivity index (χ1v) is 26.7. The predicted molar refractivity (Wildman–Crippen MR) is 309 cm³/mol. The topological polar surface area (TPSA) is 80.9 Å². The highest BCUT2D eigenvalue weighted by atomic mass is 16.3. The summed E-state index contributed by atoms with van der Waals surface area (Å²) in [6.07, 6.45) is 0. The third-order valence-electron chi connectivity index (χ3n) is 15.5. The molecule has 9 aromatic carbocycles. The Morgan fingerprint density at radius 2 is 0.375 bits per heavy atom. The summed E-state index contributed by atoms with van der Waals surface area (Å²) in [5, 5.41) is 54.3. The molecule has 0 fully saturated rings. The van der Waals surface area contributed by atoms with Crippen molar-refractivity contribution in [2.75, 3.05) is 0 Å². The zero-order valence-electron chi connectivity index (χ0n) is 45.6. The van der Waals surface area contributed by atoms with E-state index in [0.29, 0.717) is 0 Å². The molecule has 0 aromatic heterocycles. The lowest BCUT2D eigenvalue weighted by Gasteiger charge is -2.26. The molecule has 0 spiro atoms. The van der Waals surface area contributed by atoms with Gasteiger partial charge in [0.15, 0.2) is 0 Å². The van der Waals surface area contributed by atoms with Crippen LogP contribution in [-0.2, 0) is 0 Å². The zero-order chi connectivity index (χ0) is 52.1. The Hall–Kier alpha value is -6.52. The second-order valence-electron chi connectivity index (χ2n) is 23.5. The first-order valence-electron chi connectivity index (χ1n) is 26.7. The number of phenolic OH excluding ortho intramolecular Hbond substituents is 4. The van der Waals surface area contributed by atoms with Crippen LogP contribution in [-0.4, -0.2) is 20.4 Å². The molecule has 4 heteroatoms. The Kier molecular flexibility index (Phi) is 13.2. The Bertz CT molecular complexity index is 3000. The van der Waals surface area contributed by atoms with Gasteiger partial charge < -0.3 is 20.4 Å². The standard InChI is InChI=1S/C68H76O4/c1-33(2)51-25-47(69)26-52(34(3)4)63(51)43-17-41-18-44(64-53(35(5)6)27-48(70)28-54(64)36(7)8)23-61-62-24-46(66-57(39(13)14)31-50(72)32-58(66)40(15)16)20-42-19-45(22-60(68(42)62)59(21-43)67(41)61)65-55(37(9)10)29-49(71)30-56(65)38(11)12/h17-40,69-72H,1-16H3.